The fraction of sp³-hybridized carbons (Fsp3) is 0.308. The number of carbonyl (C=O) groups is 3. The average molecular weight is 279 g/mol. The van der Waals surface area contributed by atoms with E-state index >= 15 is 0 Å². The van der Waals surface area contributed by atoms with E-state index in [9.17, 15) is 14.4 Å². The van der Waals surface area contributed by atoms with Gasteiger partial charge in [-0.25, -0.2) is 4.79 Å². The van der Waals surface area contributed by atoms with Crippen LogP contribution in [-0.4, -0.2) is 29.6 Å². The monoisotopic (exact) mass is 279 g/mol. The molecule has 0 radical (unpaired) electrons. The summed E-state index contributed by atoms with van der Waals surface area (Å²) in [6.45, 7) is 1.81. The summed E-state index contributed by atoms with van der Waals surface area (Å²) in [6, 6.07) is 5.75. The topological polar surface area (TPSA) is 122 Å². The molecule has 0 bridgehead atoms. The molecular weight excluding hydrogens is 262 g/mol. The standard InChI is InChI=1S/C13H17N3O4/c1-8(12(18)19)5-6-15-13(20)16-10-4-2-3-9(7-10)11(14)17/h2-4,7-8H,5-6H2,1H3,(H2,14,17)(H,18,19)(H2,15,16,20). The predicted molar refractivity (Wildman–Crippen MR) is 73.4 cm³/mol. The second-order valence-electron chi connectivity index (χ2n) is 4.35. The number of aliphatic carboxylic acids is 1. The SMILES string of the molecule is CC(CCNC(=O)Nc1cccc(C(N)=O)c1)C(=O)O. The molecule has 1 rings (SSSR count). The van der Waals surface area contributed by atoms with Crippen molar-refractivity contribution in [2.45, 2.75) is 13.3 Å². The van der Waals surface area contributed by atoms with E-state index in [0.29, 0.717) is 17.7 Å². The number of anilines is 1. The molecule has 0 fully saturated rings. The van der Waals surface area contributed by atoms with Gasteiger partial charge >= 0.3 is 12.0 Å². The van der Waals surface area contributed by atoms with Gasteiger partial charge in [0.25, 0.3) is 0 Å². The number of urea groups is 1. The summed E-state index contributed by atoms with van der Waals surface area (Å²) in [4.78, 5) is 33.1. The second kappa shape index (κ2) is 7.13. The maximum atomic E-state index is 11.6. The Morgan fingerprint density at radius 3 is 2.65 bits per heavy atom. The lowest BCUT2D eigenvalue weighted by Gasteiger charge is -2.09. The second-order valence-corrected chi connectivity index (χ2v) is 4.35. The Bertz CT molecular complexity index is 516. The molecule has 7 nitrogen and oxygen atoms in total. The molecule has 20 heavy (non-hydrogen) atoms. The minimum atomic E-state index is -0.902. The van der Waals surface area contributed by atoms with Crippen LogP contribution in [0.15, 0.2) is 24.3 Å². The summed E-state index contributed by atoms with van der Waals surface area (Å²) in [7, 11) is 0. The highest BCUT2D eigenvalue weighted by molar-refractivity contribution is 5.95. The predicted octanol–water partition coefficient (Wildman–Crippen LogP) is 1.02. The Hall–Kier alpha value is -2.57. The molecule has 0 saturated carbocycles. The quantitative estimate of drug-likeness (QED) is 0.621. The summed E-state index contributed by atoms with van der Waals surface area (Å²) in [5.41, 5.74) is 5.86. The molecule has 0 aromatic heterocycles. The van der Waals surface area contributed by atoms with Crippen molar-refractivity contribution >= 4 is 23.6 Å². The van der Waals surface area contributed by atoms with Crippen molar-refractivity contribution in [1.29, 1.82) is 0 Å². The molecular formula is C13H17N3O4. The number of nitrogens with two attached hydrogens (primary N) is 1. The van der Waals surface area contributed by atoms with Crippen LogP contribution in [0.1, 0.15) is 23.7 Å². The molecule has 3 amide bonds. The molecule has 5 N–H and O–H groups in total. The van der Waals surface area contributed by atoms with Crippen molar-refractivity contribution in [3.63, 3.8) is 0 Å². The zero-order valence-corrected chi connectivity index (χ0v) is 11.1. The molecule has 1 aromatic carbocycles. The maximum Gasteiger partial charge on any atom is 0.319 e. The molecule has 0 spiro atoms. The maximum absolute atomic E-state index is 11.6. The minimum Gasteiger partial charge on any atom is -0.481 e. The lowest BCUT2D eigenvalue weighted by Crippen LogP contribution is -2.31. The molecule has 108 valence electrons. The van der Waals surface area contributed by atoms with Gasteiger partial charge in [0.15, 0.2) is 0 Å². The van der Waals surface area contributed by atoms with E-state index in [4.69, 9.17) is 10.8 Å². The molecule has 0 heterocycles. The van der Waals surface area contributed by atoms with Gasteiger partial charge in [0, 0.05) is 17.8 Å². The van der Waals surface area contributed by atoms with Gasteiger partial charge in [0.05, 0.1) is 5.92 Å². The van der Waals surface area contributed by atoms with Crippen LogP contribution < -0.4 is 16.4 Å². The molecule has 1 aromatic rings. The Morgan fingerprint density at radius 2 is 2.05 bits per heavy atom. The molecule has 0 aliphatic heterocycles. The molecule has 7 heteroatoms. The lowest BCUT2D eigenvalue weighted by molar-refractivity contribution is -0.141. The third-order valence-corrected chi connectivity index (χ3v) is 2.69. The number of carboxylic acids is 1. The van der Waals surface area contributed by atoms with Crippen molar-refractivity contribution in [2.24, 2.45) is 11.7 Å². The van der Waals surface area contributed by atoms with E-state index in [1.165, 1.54) is 6.07 Å². The number of carbonyl (C=O) groups excluding carboxylic acids is 2. The summed E-state index contributed by atoms with van der Waals surface area (Å²) in [6.07, 6.45) is 0.337. The Labute approximate surface area is 116 Å². The zero-order chi connectivity index (χ0) is 15.1. The van der Waals surface area contributed by atoms with Crippen LogP contribution in [0.2, 0.25) is 0 Å². The highest BCUT2D eigenvalue weighted by atomic mass is 16.4. The number of benzene rings is 1. The van der Waals surface area contributed by atoms with Gasteiger partial charge in [-0.1, -0.05) is 13.0 Å². The Morgan fingerprint density at radius 1 is 1.35 bits per heavy atom. The summed E-state index contributed by atoms with van der Waals surface area (Å²) in [5, 5.41) is 13.8. The molecule has 1 unspecified atom stereocenters. The van der Waals surface area contributed by atoms with Gasteiger partial charge in [-0.05, 0) is 24.6 Å². The van der Waals surface area contributed by atoms with Crippen molar-refractivity contribution in [2.75, 3.05) is 11.9 Å². The van der Waals surface area contributed by atoms with Crippen LogP contribution in [0.5, 0.6) is 0 Å². The van der Waals surface area contributed by atoms with Gasteiger partial charge in [0.1, 0.15) is 0 Å². The van der Waals surface area contributed by atoms with Gasteiger partial charge in [-0.2, -0.15) is 0 Å². The highest BCUT2D eigenvalue weighted by Crippen LogP contribution is 2.10. The largest absolute Gasteiger partial charge is 0.481 e. The molecule has 1 atom stereocenters. The van der Waals surface area contributed by atoms with Crippen LogP contribution in [0, 0.1) is 5.92 Å². The Balaban J connectivity index is 2.44. The van der Waals surface area contributed by atoms with E-state index in [0.717, 1.165) is 0 Å². The molecule has 0 aliphatic carbocycles. The lowest BCUT2D eigenvalue weighted by atomic mass is 10.1. The smallest absolute Gasteiger partial charge is 0.319 e. The first kappa shape index (κ1) is 15.5. The van der Waals surface area contributed by atoms with Crippen LogP contribution in [0.3, 0.4) is 0 Å². The fourth-order valence-corrected chi connectivity index (χ4v) is 1.45. The normalized spacial score (nSPS) is 11.4. The summed E-state index contributed by atoms with van der Waals surface area (Å²) in [5.74, 6) is -2.00. The number of amides is 3. The van der Waals surface area contributed by atoms with Crippen LogP contribution in [0.4, 0.5) is 10.5 Å². The van der Waals surface area contributed by atoms with E-state index in [2.05, 4.69) is 10.6 Å². The number of primary amides is 1. The van der Waals surface area contributed by atoms with E-state index in [-0.39, 0.29) is 6.54 Å². The number of rotatable bonds is 6. The average Bonchev–Trinajstić information content (AvgIpc) is 2.38. The van der Waals surface area contributed by atoms with Crippen molar-refractivity contribution in [1.82, 2.24) is 5.32 Å². The number of carboxylic acid groups (broad SMARTS) is 1. The third-order valence-electron chi connectivity index (χ3n) is 2.69. The summed E-state index contributed by atoms with van der Waals surface area (Å²) >= 11 is 0. The van der Waals surface area contributed by atoms with Gasteiger partial charge < -0.3 is 21.5 Å². The van der Waals surface area contributed by atoms with E-state index < -0.39 is 23.8 Å². The van der Waals surface area contributed by atoms with E-state index in [1.807, 2.05) is 0 Å². The van der Waals surface area contributed by atoms with Gasteiger partial charge in [0.2, 0.25) is 5.91 Å². The third kappa shape index (κ3) is 4.97. The first-order valence-electron chi connectivity index (χ1n) is 6.07. The minimum absolute atomic E-state index is 0.245. The number of hydrogen-bond acceptors (Lipinski definition) is 3. The van der Waals surface area contributed by atoms with Gasteiger partial charge in [-0.15, -0.1) is 0 Å². The van der Waals surface area contributed by atoms with Crippen LogP contribution in [0.25, 0.3) is 0 Å². The van der Waals surface area contributed by atoms with Gasteiger partial charge in [-0.3, -0.25) is 9.59 Å². The first-order valence-corrected chi connectivity index (χ1v) is 6.07. The van der Waals surface area contributed by atoms with E-state index in [1.54, 1.807) is 25.1 Å². The Kier molecular flexibility index (Phi) is 5.52. The molecule has 0 saturated heterocycles. The molecule has 0 aliphatic rings. The number of nitrogens with one attached hydrogen (secondary N) is 2. The summed E-state index contributed by atoms with van der Waals surface area (Å²) < 4.78 is 0. The van der Waals surface area contributed by atoms with Crippen molar-refractivity contribution in [3.05, 3.63) is 29.8 Å². The van der Waals surface area contributed by atoms with Crippen molar-refractivity contribution in [3.8, 4) is 0 Å². The first-order chi connectivity index (χ1) is 9.40. The van der Waals surface area contributed by atoms with Crippen LogP contribution in [-0.2, 0) is 4.79 Å². The van der Waals surface area contributed by atoms with Crippen molar-refractivity contribution < 1.29 is 19.5 Å². The fourth-order valence-electron chi connectivity index (χ4n) is 1.45. The highest BCUT2D eigenvalue weighted by Gasteiger charge is 2.11. The van der Waals surface area contributed by atoms with Crippen LogP contribution >= 0.6 is 0 Å². The zero-order valence-electron chi connectivity index (χ0n) is 11.1. The number of hydrogen-bond donors (Lipinski definition) is 4.